The molecule has 0 radical (unpaired) electrons. The first-order valence-corrected chi connectivity index (χ1v) is 7.18. The van der Waals surface area contributed by atoms with Gasteiger partial charge in [0.25, 0.3) is 0 Å². The summed E-state index contributed by atoms with van der Waals surface area (Å²) in [6, 6.07) is 0.452. The molecule has 116 valence electrons. The molecule has 0 bridgehead atoms. The van der Waals surface area contributed by atoms with Crippen molar-refractivity contribution in [3.05, 3.63) is 11.9 Å². The molecule has 0 aliphatic carbocycles. The Balaban J connectivity index is 2.16. The van der Waals surface area contributed by atoms with Gasteiger partial charge >= 0.3 is 0 Å². The highest BCUT2D eigenvalue weighted by Crippen LogP contribution is 2.12. The Labute approximate surface area is 121 Å². The molecule has 0 fully saturated rings. The number of ether oxygens (including phenoxy) is 2. The third-order valence-corrected chi connectivity index (χ3v) is 3.14. The number of nitrogens with zero attached hydrogens (tertiary/aromatic N) is 3. The SMILES string of the molecule is COC(C)(C)CCOCCn1cc(CNC(C)C)nn1. The third kappa shape index (κ3) is 6.98. The van der Waals surface area contributed by atoms with Crippen LogP contribution < -0.4 is 5.32 Å². The average molecular weight is 284 g/mol. The van der Waals surface area contributed by atoms with E-state index in [4.69, 9.17) is 9.47 Å². The van der Waals surface area contributed by atoms with Crippen molar-refractivity contribution >= 4 is 0 Å². The van der Waals surface area contributed by atoms with Crippen molar-refractivity contribution in [3.8, 4) is 0 Å². The van der Waals surface area contributed by atoms with Crippen LogP contribution in [-0.4, -0.2) is 47.0 Å². The van der Waals surface area contributed by atoms with Gasteiger partial charge < -0.3 is 14.8 Å². The smallest absolute Gasteiger partial charge is 0.0964 e. The summed E-state index contributed by atoms with van der Waals surface area (Å²) in [5, 5.41) is 11.5. The molecule has 0 aliphatic heterocycles. The van der Waals surface area contributed by atoms with Gasteiger partial charge in [0, 0.05) is 32.5 Å². The molecule has 0 saturated carbocycles. The molecular formula is C14H28N4O2. The molecule has 20 heavy (non-hydrogen) atoms. The number of aromatic nitrogens is 3. The minimum Gasteiger partial charge on any atom is -0.379 e. The predicted molar refractivity (Wildman–Crippen MR) is 78.5 cm³/mol. The zero-order chi connectivity index (χ0) is 15.0. The van der Waals surface area contributed by atoms with E-state index in [2.05, 4.69) is 43.3 Å². The van der Waals surface area contributed by atoms with Crippen LogP contribution in [0.4, 0.5) is 0 Å². The third-order valence-electron chi connectivity index (χ3n) is 3.14. The zero-order valence-corrected chi connectivity index (χ0v) is 13.3. The molecule has 0 aromatic carbocycles. The highest BCUT2D eigenvalue weighted by Gasteiger charge is 2.15. The molecule has 0 aliphatic rings. The van der Waals surface area contributed by atoms with Gasteiger partial charge in [0.1, 0.15) is 0 Å². The van der Waals surface area contributed by atoms with E-state index in [1.165, 1.54) is 0 Å². The van der Waals surface area contributed by atoms with Gasteiger partial charge in [-0.1, -0.05) is 19.1 Å². The van der Waals surface area contributed by atoms with Crippen molar-refractivity contribution < 1.29 is 9.47 Å². The highest BCUT2D eigenvalue weighted by molar-refractivity contribution is 4.91. The van der Waals surface area contributed by atoms with E-state index in [1.807, 2.05) is 10.9 Å². The molecule has 6 heteroatoms. The first-order valence-electron chi connectivity index (χ1n) is 7.18. The van der Waals surface area contributed by atoms with Crippen LogP contribution in [0.5, 0.6) is 0 Å². The van der Waals surface area contributed by atoms with Crippen molar-refractivity contribution in [2.45, 2.75) is 58.8 Å². The molecule has 1 rings (SSSR count). The monoisotopic (exact) mass is 284 g/mol. The van der Waals surface area contributed by atoms with E-state index >= 15 is 0 Å². The van der Waals surface area contributed by atoms with Gasteiger partial charge in [0.05, 0.1) is 24.4 Å². The van der Waals surface area contributed by atoms with Crippen LogP contribution in [0.15, 0.2) is 6.20 Å². The molecular weight excluding hydrogens is 256 g/mol. The summed E-state index contributed by atoms with van der Waals surface area (Å²) in [7, 11) is 1.72. The van der Waals surface area contributed by atoms with Gasteiger partial charge in [-0.05, 0) is 20.3 Å². The van der Waals surface area contributed by atoms with Crippen LogP contribution in [0.25, 0.3) is 0 Å². The van der Waals surface area contributed by atoms with Gasteiger partial charge in [-0.3, -0.25) is 0 Å². The summed E-state index contributed by atoms with van der Waals surface area (Å²) in [5.41, 5.74) is 0.836. The first-order chi connectivity index (χ1) is 9.43. The van der Waals surface area contributed by atoms with Crippen molar-refractivity contribution in [2.24, 2.45) is 0 Å². The summed E-state index contributed by atoms with van der Waals surface area (Å²) in [4.78, 5) is 0. The van der Waals surface area contributed by atoms with Gasteiger partial charge in [-0.2, -0.15) is 0 Å². The summed E-state index contributed by atoms with van der Waals surface area (Å²) in [6.45, 7) is 11.1. The number of hydrogen-bond donors (Lipinski definition) is 1. The maximum atomic E-state index is 5.60. The maximum Gasteiger partial charge on any atom is 0.0964 e. The summed E-state index contributed by atoms with van der Waals surface area (Å²) in [6.07, 6.45) is 2.84. The first kappa shape index (κ1) is 17.1. The molecule has 0 spiro atoms. The summed E-state index contributed by atoms with van der Waals surface area (Å²) < 4.78 is 12.8. The van der Waals surface area contributed by atoms with Crippen molar-refractivity contribution in [2.75, 3.05) is 20.3 Å². The van der Waals surface area contributed by atoms with E-state index in [9.17, 15) is 0 Å². The standard InChI is InChI=1S/C14H28N4O2/c1-12(2)15-10-13-11-18(17-16-13)7-9-20-8-6-14(3,4)19-5/h11-12,15H,6-10H2,1-5H3. The van der Waals surface area contributed by atoms with E-state index in [-0.39, 0.29) is 5.60 Å². The van der Waals surface area contributed by atoms with Crippen LogP contribution in [0.2, 0.25) is 0 Å². The predicted octanol–water partition coefficient (Wildman–Crippen LogP) is 1.61. The molecule has 1 N–H and O–H groups in total. The van der Waals surface area contributed by atoms with Crippen LogP contribution in [-0.2, 0) is 22.6 Å². The fourth-order valence-electron chi connectivity index (χ4n) is 1.52. The zero-order valence-electron chi connectivity index (χ0n) is 13.3. The lowest BCUT2D eigenvalue weighted by atomic mass is 10.1. The fraction of sp³-hybridized carbons (Fsp3) is 0.857. The van der Waals surface area contributed by atoms with E-state index in [0.717, 1.165) is 25.2 Å². The molecule has 1 heterocycles. The lowest BCUT2D eigenvalue weighted by Gasteiger charge is -2.22. The largest absolute Gasteiger partial charge is 0.379 e. The number of methoxy groups -OCH3 is 1. The van der Waals surface area contributed by atoms with Crippen LogP contribution in [0.1, 0.15) is 39.8 Å². The Bertz CT molecular complexity index is 377. The number of rotatable bonds is 10. The molecule has 0 amide bonds. The second kappa shape index (κ2) is 8.34. The minimum absolute atomic E-state index is 0.122. The minimum atomic E-state index is -0.122. The second-order valence-corrected chi connectivity index (χ2v) is 5.83. The van der Waals surface area contributed by atoms with Crippen molar-refractivity contribution in [1.29, 1.82) is 0 Å². The molecule has 1 aromatic heterocycles. The van der Waals surface area contributed by atoms with Gasteiger partial charge in [-0.15, -0.1) is 5.10 Å². The van der Waals surface area contributed by atoms with Crippen molar-refractivity contribution in [1.82, 2.24) is 20.3 Å². The van der Waals surface area contributed by atoms with Crippen LogP contribution in [0.3, 0.4) is 0 Å². The Hall–Kier alpha value is -0.980. The normalized spacial score (nSPS) is 12.3. The lowest BCUT2D eigenvalue weighted by molar-refractivity contribution is -0.0108. The quantitative estimate of drug-likeness (QED) is 0.661. The number of hydrogen-bond acceptors (Lipinski definition) is 5. The molecule has 0 unspecified atom stereocenters. The van der Waals surface area contributed by atoms with Gasteiger partial charge in [0.2, 0.25) is 0 Å². The molecule has 0 saturated heterocycles. The topological polar surface area (TPSA) is 61.2 Å². The second-order valence-electron chi connectivity index (χ2n) is 5.83. The summed E-state index contributed by atoms with van der Waals surface area (Å²) >= 11 is 0. The van der Waals surface area contributed by atoms with Gasteiger partial charge in [-0.25, -0.2) is 4.68 Å². The lowest BCUT2D eigenvalue weighted by Crippen LogP contribution is -2.24. The Morgan fingerprint density at radius 2 is 2.10 bits per heavy atom. The Morgan fingerprint density at radius 3 is 2.75 bits per heavy atom. The highest BCUT2D eigenvalue weighted by atomic mass is 16.5. The van der Waals surface area contributed by atoms with Gasteiger partial charge in [0.15, 0.2) is 0 Å². The maximum absolute atomic E-state index is 5.60. The summed E-state index contributed by atoms with van der Waals surface area (Å²) in [5.74, 6) is 0. The van der Waals surface area contributed by atoms with E-state index in [0.29, 0.717) is 19.3 Å². The van der Waals surface area contributed by atoms with E-state index in [1.54, 1.807) is 7.11 Å². The van der Waals surface area contributed by atoms with Crippen LogP contribution >= 0.6 is 0 Å². The van der Waals surface area contributed by atoms with Crippen LogP contribution in [0, 0.1) is 0 Å². The number of nitrogens with one attached hydrogen (secondary N) is 1. The fourth-order valence-corrected chi connectivity index (χ4v) is 1.52. The van der Waals surface area contributed by atoms with E-state index < -0.39 is 0 Å². The average Bonchev–Trinajstić information content (AvgIpc) is 2.84. The Kier molecular flexibility index (Phi) is 7.12. The molecule has 1 aromatic rings. The Morgan fingerprint density at radius 1 is 1.35 bits per heavy atom. The van der Waals surface area contributed by atoms with Crippen molar-refractivity contribution in [3.63, 3.8) is 0 Å². The molecule has 0 atom stereocenters. The molecule has 6 nitrogen and oxygen atoms in total.